The van der Waals surface area contributed by atoms with E-state index in [0.717, 1.165) is 44.4 Å². The normalized spacial score (nSPS) is 31.5. The van der Waals surface area contributed by atoms with Crippen LogP contribution < -0.4 is 0 Å². The van der Waals surface area contributed by atoms with Crippen LogP contribution in [0, 0.1) is 5.92 Å². The fraction of sp³-hybridized carbons (Fsp3) is 0.812. The number of aromatic nitrogens is 2. The van der Waals surface area contributed by atoms with Crippen LogP contribution in [0.1, 0.15) is 75.9 Å². The highest BCUT2D eigenvalue weighted by atomic mass is 16.5. The average Bonchev–Trinajstić information content (AvgIpc) is 3.00. The van der Waals surface area contributed by atoms with Crippen molar-refractivity contribution in [3.8, 4) is 0 Å². The molecule has 0 saturated heterocycles. The summed E-state index contributed by atoms with van der Waals surface area (Å²) in [7, 11) is 1.74. The zero-order valence-electron chi connectivity index (χ0n) is 12.9. The van der Waals surface area contributed by atoms with Gasteiger partial charge in [0.15, 0.2) is 0 Å². The van der Waals surface area contributed by atoms with Crippen molar-refractivity contribution in [1.29, 1.82) is 0 Å². The molecule has 3 rings (SSSR count). The Morgan fingerprint density at radius 3 is 2.48 bits per heavy atom. The minimum absolute atomic E-state index is 0.236. The highest BCUT2D eigenvalue weighted by molar-refractivity contribution is 5.79. The molecular weight excluding hydrogens is 268 g/mol. The fourth-order valence-corrected chi connectivity index (χ4v) is 3.52. The zero-order valence-corrected chi connectivity index (χ0v) is 12.9. The summed E-state index contributed by atoms with van der Waals surface area (Å²) in [5, 5.41) is 4.21. The van der Waals surface area contributed by atoms with Crippen LogP contribution >= 0.6 is 0 Å². The molecule has 21 heavy (non-hydrogen) atoms. The lowest BCUT2D eigenvalue weighted by Gasteiger charge is -2.35. The van der Waals surface area contributed by atoms with Crippen molar-refractivity contribution in [2.75, 3.05) is 7.11 Å². The summed E-state index contributed by atoms with van der Waals surface area (Å²) in [5.41, 5.74) is -0.376. The second kappa shape index (κ2) is 5.87. The summed E-state index contributed by atoms with van der Waals surface area (Å²) in [5.74, 6) is 2.71. The van der Waals surface area contributed by atoms with Crippen molar-refractivity contribution in [3.63, 3.8) is 0 Å². The second-order valence-corrected chi connectivity index (χ2v) is 6.65. The fourth-order valence-electron chi connectivity index (χ4n) is 3.52. The predicted octanol–water partition coefficient (Wildman–Crippen LogP) is 3.35. The minimum Gasteiger partial charge on any atom is -0.370 e. The first-order valence-corrected chi connectivity index (χ1v) is 8.04. The molecule has 0 amide bonds. The molecule has 116 valence electrons. The van der Waals surface area contributed by atoms with E-state index in [1.54, 1.807) is 7.11 Å². The molecule has 5 heteroatoms. The molecule has 5 nitrogen and oxygen atoms in total. The quantitative estimate of drug-likeness (QED) is 0.854. The molecule has 0 bridgehead atoms. The first kappa shape index (κ1) is 14.7. The van der Waals surface area contributed by atoms with Gasteiger partial charge in [0.05, 0.1) is 0 Å². The predicted molar refractivity (Wildman–Crippen MR) is 76.8 cm³/mol. The van der Waals surface area contributed by atoms with Crippen LogP contribution in [-0.2, 0) is 15.1 Å². The van der Waals surface area contributed by atoms with Crippen molar-refractivity contribution >= 4 is 5.78 Å². The third-order valence-electron chi connectivity index (χ3n) is 5.21. The highest BCUT2D eigenvalue weighted by Gasteiger charge is 2.40. The van der Waals surface area contributed by atoms with Crippen LogP contribution in [0.25, 0.3) is 0 Å². The number of methoxy groups -OCH3 is 1. The molecule has 2 saturated carbocycles. The van der Waals surface area contributed by atoms with Crippen molar-refractivity contribution in [2.45, 2.75) is 69.8 Å². The number of rotatable bonds is 3. The Bertz CT molecular complexity index is 493. The van der Waals surface area contributed by atoms with Crippen LogP contribution in [0.4, 0.5) is 0 Å². The van der Waals surface area contributed by atoms with Gasteiger partial charge in [-0.25, -0.2) is 0 Å². The summed E-state index contributed by atoms with van der Waals surface area (Å²) in [4.78, 5) is 16.0. The maximum absolute atomic E-state index is 11.3. The van der Waals surface area contributed by atoms with Gasteiger partial charge in [-0.05, 0) is 44.4 Å². The van der Waals surface area contributed by atoms with Gasteiger partial charge in [0.25, 0.3) is 0 Å². The van der Waals surface area contributed by atoms with Gasteiger partial charge >= 0.3 is 0 Å². The van der Waals surface area contributed by atoms with Crippen LogP contribution in [0.15, 0.2) is 4.52 Å². The number of hydrogen-bond acceptors (Lipinski definition) is 5. The van der Waals surface area contributed by atoms with Gasteiger partial charge in [-0.3, -0.25) is 4.79 Å². The first-order valence-electron chi connectivity index (χ1n) is 8.04. The number of carbonyl (C=O) groups is 1. The Morgan fingerprint density at radius 1 is 1.19 bits per heavy atom. The van der Waals surface area contributed by atoms with E-state index in [1.807, 2.05) is 0 Å². The summed E-state index contributed by atoms with van der Waals surface area (Å²) < 4.78 is 11.3. The van der Waals surface area contributed by atoms with Crippen molar-refractivity contribution in [3.05, 3.63) is 11.7 Å². The molecule has 1 aromatic heterocycles. The van der Waals surface area contributed by atoms with Gasteiger partial charge < -0.3 is 9.26 Å². The number of ketones is 1. The standard InChI is InChI=1S/C16H24N2O3/c1-11-7-9-16(20-2,10-8-11)15-17-14(21-18-15)12-3-5-13(19)6-4-12/h11-12H,3-10H2,1-2H3. The van der Waals surface area contributed by atoms with Crippen molar-refractivity contribution in [1.82, 2.24) is 10.1 Å². The summed E-state index contributed by atoms with van der Waals surface area (Å²) in [6, 6.07) is 0. The third kappa shape index (κ3) is 2.89. The van der Waals surface area contributed by atoms with Crippen LogP contribution in [0.2, 0.25) is 0 Å². The van der Waals surface area contributed by atoms with Gasteiger partial charge in [0.2, 0.25) is 11.7 Å². The Morgan fingerprint density at radius 2 is 1.86 bits per heavy atom. The summed E-state index contributed by atoms with van der Waals surface area (Å²) in [6.45, 7) is 2.28. The van der Waals surface area contributed by atoms with E-state index in [2.05, 4.69) is 17.1 Å². The molecule has 1 aromatic rings. The molecule has 1 heterocycles. The van der Waals surface area contributed by atoms with E-state index < -0.39 is 0 Å². The number of nitrogens with zero attached hydrogens (tertiary/aromatic N) is 2. The molecule has 0 radical (unpaired) electrons. The number of ether oxygens (including phenoxy) is 1. The monoisotopic (exact) mass is 292 g/mol. The molecule has 0 unspecified atom stereocenters. The molecule has 0 atom stereocenters. The van der Waals surface area contributed by atoms with Crippen LogP contribution in [0.3, 0.4) is 0 Å². The van der Waals surface area contributed by atoms with Crippen molar-refractivity contribution in [2.24, 2.45) is 5.92 Å². The van der Waals surface area contributed by atoms with E-state index in [9.17, 15) is 4.79 Å². The number of Topliss-reactive ketones (excluding diaryl/α,β-unsaturated/α-hetero) is 1. The molecular formula is C16H24N2O3. The van der Waals surface area contributed by atoms with Gasteiger partial charge in [0.1, 0.15) is 11.4 Å². The summed E-state index contributed by atoms with van der Waals surface area (Å²) >= 11 is 0. The molecule has 0 aliphatic heterocycles. The van der Waals surface area contributed by atoms with Gasteiger partial charge in [-0.15, -0.1) is 0 Å². The molecule has 0 N–H and O–H groups in total. The maximum Gasteiger partial charge on any atom is 0.229 e. The molecule has 2 fully saturated rings. The molecule has 0 spiro atoms. The number of hydrogen-bond donors (Lipinski definition) is 0. The topological polar surface area (TPSA) is 65.2 Å². The first-order chi connectivity index (χ1) is 10.1. The average molecular weight is 292 g/mol. The maximum atomic E-state index is 11.3. The highest BCUT2D eigenvalue weighted by Crippen LogP contribution is 2.41. The van der Waals surface area contributed by atoms with Gasteiger partial charge in [0, 0.05) is 25.9 Å². The lowest BCUT2D eigenvalue weighted by molar-refractivity contribution is -0.120. The SMILES string of the molecule is COC1(c2noc(C3CCC(=O)CC3)n2)CCC(C)CC1. The largest absolute Gasteiger partial charge is 0.370 e. The Hall–Kier alpha value is -1.23. The third-order valence-corrected chi connectivity index (χ3v) is 5.21. The van der Waals surface area contributed by atoms with Crippen molar-refractivity contribution < 1.29 is 14.1 Å². The Labute approximate surface area is 125 Å². The lowest BCUT2D eigenvalue weighted by Crippen LogP contribution is -2.34. The lowest BCUT2D eigenvalue weighted by atomic mass is 9.79. The second-order valence-electron chi connectivity index (χ2n) is 6.65. The Kier molecular flexibility index (Phi) is 4.11. The molecule has 2 aliphatic rings. The Balaban J connectivity index is 1.75. The van der Waals surface area contributed by atoms with Gasteiger partial charge in [-0.1, -0.05) is 12.1 Å². The smallest absolute Gasteiger partial charge is 0.229 e. The van der Waals surface area contributed by atoms with Crippen LogP contribution in [0.5, 0.6) is 0 Å². The number of carbonyl (C=O) groups excluding carboxylic acids is 1. The van der Waals surface area contributed by atoms with E-state index in [-0.39, 0.29) is 11.5 Å². The van der Waals surface area contributed by atoms with E-state index >= 15 is 0 Å². The molecule has 2 aliphatic carbocycles. The zero-order chi connectivity index (χ0) is 14.9. The minimum atomic E-state index is -0.376. The van der Waals surface area contributed by atoms with E-state index in [0.29, 0.717) is 30.3 Å². The van der Waals surface area contributed by atoms with Crippen LogP contribution in [-0.4, -0.2) is 23.0 Å². The van der Waals surface area contributed by atoms with Gasteiger partial charge in [-0.2, -0.15) is 4.98 Å². The van der Waals surface area contributed by atoms with E-state index in [1.165, 1.54) is 0 Å². The van der Waals surface area contributed by atoms with E-state index in [4.69, 9.17) is 9.26 Å². The molecule has 0 aromatic carbocycles. The summed E-state index contributed by atoms with van der Waals surface area (Å²) in [6.07, 6.45) is 7.10.